The number of fused-ring (bicyclic) bond motifs is 1. The second-order valence-electron chi connectivity index (χ2n) is 4.05. The molecule has 1 aromatic carbocycles. The zero-order valence-corrected chi connectivity index (χ0v) is 11.3. The Kier molecular flexibility index (Phi) is 3.98. The molecule has 0 unspecified atom stereocenters. The van der Waals surface area contributed by atoms with Gasteiger partial charge in [0.05, 0.1) is 10.4 Å². The summed E-state index contributed by atoms with van der Waals surface area (Å²) < 4.78 is 24.2. The smallest absolute Gasteiger partial charge is 0.331 e. The van der Waals surface area contributed by atoms with E-state index in [1.807, 2.05) is 6.92 Å². The SMILES string of the molecule is Cc1ccc(S(=O)(=O)NOCC(=O)O)c2cccnc12. The van der Waals surface area contributed by atoms with Gasteiger partial charge < -0.3 is 5.11 Å². The molecular weight excluding hydrogens is 284 g/mol. The lowest BCUT2D eigenvalue weighted by atomic mass is 10.1. The summed E-state index contributed by atoms with van der Waals surface area (Å²) in [6.07, 6.45) is 1.57. The van der Waals surface area contributed by atoms with E-state index in [0.29, 0.717) is 10.9 Å². The highest BCUT2D eigenvalue weighted by atomic mass is 32.2. The first kappa shape index (κ1) is 14.4. The summed E-state index contributed by atoms with van der Waals surface area (Å²) in [5.41, 5.74) is 1.40. The van der Waals surface area contributed by atoms with Crippen molar-refractivity contribution in [1.82, 2.24) is 9.87 Å². The van der Waals surface area contributed by atoms with Crippen molar-refractivity contribution in [3.05, 3.63) is 36.0 Å². The van der Waals surface area contributed by atoms with Gasteiger partial charge in [-0.25, -0.2) is 13.2 Å². The lowest BCUT2D eigenvalue weighted by Gasteiger charge is -2.09. The number of hydrogen-bond donors (Lipinski definition) is 2. The Morgan fingerprint density at radius 1 is 1.40 bits per heavy atom. The molecule has 0 atom stereocenters. The van der Waals surface area contributed by atoms with Crippen molar-refractivity contribution < 1.29 is 23.2 Å². The summed E-state index contributed by atoms with van der Waals surface area (Å²) in [6, 6.07) is 6.30. The molecule has 0 saturated carbocycles. The van der Waals surface area contributed by atoms with Crippen LogP contribution >= 0.6 is 0 Å². The molecule has 2 rings (SSSR count). The van der Waals surface area contributed by atoms with E-state index in [1.165, 1.54) is 6.07 Å². The normalized spacial score (nSPS) is 11.7. The van der Waals surface area contributed by atoms with Gasteiger partial charge in [0.15, 0.2) is 6.61 Å². The van der Waals surface area contributed by atoms with E-state index in [1.54, 1.807) is 29.3 Å². The predicted molar refractivity (Wildman–Crippen MR) is 70.4 cm³/mol. The minimum absolute atomic E-state index is 0.0170. The van der Waals surface area contributed by atoms with Crippen molar-refractivity contribution in [1.29, 1.82) is 0 Å². The van der Waals surface area contributed by atoms with Crippen molar-refractivity contribution in [2.45, 2.75) is 11.8 Å². The minimum Gasteiger partial charge on any atom is -0.479 e. The number of pyridine rings is 1. The summed E-state index contributed by atoms with van der Waals surface area (Å²) in [7, 11) is -3.97. The number of nitrogens with zero attached hydrogens (tertiary/aromatic N) is 1. The molecule has 0 fully saturated rings. The first-order valence-electron chi connectivity index (χ1n) is 5.61. The van der Waals surface area contributed by atoms with Gasteiger partial charge in [-0.1, -0.05) is 11.0 Å². The first-order chi connectivity index (χ1) is 9.42. The Labute approximate surface area is 115 Å². The van der Waals surface area contributed by atoms with Crippen molar-refractivity contribution in [3.63, 3.8) is 0 Å². The van der Waals surface area contributed by atoms with Crippen molar-refractivity contribution in [2.24, 2.45) is 0 Å². The van der Waals surface area contributed by atoms with Crippen LogP contribution in [0.25, 0.3) is 10.9 Å². The number of rotatable bonds is 5. The van der Waals surface area contributed by atoms with E-state index in [4.69, 9.17) is 5.11 Å². The van der Waals surface area contributed by atoms with Gasteiger partial charge in [-0.15, -0.1) is 0 Å². The molecule has 0 aliphatic rings. The van der Waals surface area contributed by atoms with E-state index >= 15 is 0 Å². The van der Waals surface area contributed by atoms with E-state index in [2.05, 4.69) is 9.82 Å². The van der Waals surface area contributed by atoms with E-state index in [-0.39, 0.29) is 4.90 Å². The third-order valence-corrected chi connectivity index (χ3v) is 3.86. The molecule has 8 heteroatoms. The number of aromatic nitrogens is 1. The topological polar surface area (TPSA) is 106 Å². The molecule has 0 spiro atoms. The molecule has 0 amide bonds. The molecule has 7 nitrogen and oxygen atoms in total. The van der Waals surface area contributed by atoms with Crippen molar-refractivity contribution in [2.75, 3.05) is 6.61 Å². The molecule has 1 aromatic heterocycles. The predicted octanol–water partition coefficient (Wildman–Crippen LogP) is 0.838. The average molecular weight is 296 g/mol. The molecule has 20 heavy (non-hydrogen) atoms. The second-order valence-corrected chi connectivity index (χ2v) is 5.66. The lowest BCUT2D eigenvalue weighted by Crippen LogP contribution is -2.27. The van der Waals surface area contributed by atoms with Crippen LogP contribution in [-0.2, 0) is 19.7 Å². The summed E-state index contributed by atoms with van der Waals surface area (Å²) in [6.45, 7) is 1.06. The number of carboxylic acid groups (broad SMARTS) is 1. The van der Waals surface area contributed by atoms with Crippen molar-refractivity contribution >= 4 is 26.9 Å². The fourth-order valence-electron chi connectivity index (χ4n) is 1.74. The number of hydrogen-bond acceptors (Lipinski definition) is 5. The molecule has 0 aliphatic heterocycles. The molecule has 106 valence electrons. The highest BCUT2D eigenvalue weighted by Crippen LogP contribution is 2.23. The molecule has 0 saturated heterocycles. The van der Waals surface area contributed by atoms with Crippen LogP contribution in [0.4, 0.5) is 0 Å². The zero-order chi connectivity index (χ0) is 14.8. The molecule has 0 radical (unpaired) electrons. The molecule has 0 aliphatic carbocycles. The van der Waals surface area contributed by atoms with Gasteiger partial charge >= 0.3 is 5.97 Å². The molecular formula is C12H12N2O5S. The number of aliphatic carboxylic acids is 1. The lowest BCUT2D eigenvalue weighted by molar-refractivity contribution is -0.143. The van der Waals surface area contributed by atoms with Crippen LogP contribution < -0.4 is 4.89 Å². The average Bonchev–Trinajstić information content (AvgIpc) is 2.38. The molecule has 2 aromatic rings. The Morgan fingerprint density at radius 3 is 2.85 bits per heavy atom. The highest BCUT2D eigenvalue weighted by molar-refractivity contribution is 7.89. The van der Waals surface area contributed by atoms with Gasteiger partial charge in [0, 0.05) is 11.6 Å². The van der Waals surface area contributed by atoms with Gasteiger partial charge in [0.2, 0.25) is 0 Å². The monoisotopic (exact) mass is 296 g/mol. The molecule has 1 heterocycles. The maximum atomic E-state index is 12.1. The Balaban J connectivity index is 2.42. The quantitative estimate of drug-likeness (QED) is 0.792. The number of carbonyl (C=O) groups is 1. The number of aryl methyl sites for hydroxylation is 1. The van der Waals surface area contributed by atoms with Crippen LogP contribution in [-0.4, -0.2) is 31.1 Å². The minimum atomic E-state index is -3.97. The second kappa shape index (κ2) is 5.53. The summed E-state index contributed by atoms with van der Waals surface area (Å²) in [5, 5.41) is 8.86. The van der Waals surface area contributed by atoms with E-state index in [0.717, 1.165) is 5.56 Å². The van der Waals surface area contributed by atoms with Gasteiger partial charge in [0.1, 0.15) is 0 Å². The van der Waals surface area contributed by atoms with Crippen LogP contribution in [0, 0.1) is 6.92 Å². The summed E-state index contributed by atoms with van der Waals surface area (Å²) >= 11 is 0. The Hall–Kier alpha value is -2.03. The summed E-state index contributed by atoms with van der Waals surface area (Å²) in [4.78, 5) is 20.6. The van der Waals surface area contributed by atoms with Crippen LogP contribution in [0.15, 0.2) is 35.4 Å². The van der Waals surface area contributed by atoms with Crippen molar-refractivity contribution in [3.8, 4) is 0 Å². The third kappa shape index (κ3) is 2.93. The maximum Gasteiger partial charge on any atom is 0.331 e. The Morgan fingerprint density at radius 2 is 2.15 bits per heavy atom. The van der Waals surface area contributed by atoms with Crippen LogP contribution in [0.1, 0.15) is 5.56 Å². The number of carboxylic acids is 1. The summed E-state index contributed by atoms with van der Waals surface area (Å²) in [5.74, 6) is -1.27. The fourth-order valence-corrected chi connectivity index (χ4v) is 2.74. The third-order valence-electron chi connectivity index (χ3n) is 2.59. The van der Waals surface area contributed by atoms with Crippen LogP contribution in [0.3, 0.4) is 0 Å². The largest absolute Gasteiger partial charge is 0.479 e. The highest BCUT2D eigenvalue weighted by Gasteiger charge is 2.19. The van der Waals surface area contributed by atoms with E-state index < -0.39 is 22.6 Å². The van der Waals surface area contributed by atoms with E-state index in [9.17, 15) is 13.2 Å². The Bertz CT molecular complexity index is 758. The molecule has 2 N–H and O–H groups in total. The van der Waals surface area contributed by atoms with Gasteiger partial charge in [-0.2, -0.15) is 0 Å². The van der Waals surface area contributed by atoms with Gasteiger partial charge in [0.25, 0.3) is 10.0 Å². The van der Waals surface area contributed by atoms with Crippen LogP contribution in [0.2, 0.25) is 0 Å². The fraction of sp³-hybridized carbons (Fsp3) is 0.167. The number of sulfonamides is 1. The standard InChI is InChI=1S/C12H12N2O5S/c1-8-4-5-10(9-3-2-6-13-12(8)9)20(17,18)14-19-7-11(15)16/h2-6,14H,7H2,1H3,(H,15,16). The first-order valence-corrected chi connectivity index (χ1v) is 7.10. The maximum absolute atomic E-state index is 12.1. The van der Waals surface area contributed by atoms with Gasteiger partial charge in [-0.3, -0.25) is 9.82 Å². The van der Waals surface area contributed by atoms with Crippen LogP contribution in [0.5, 0.6) is 0 Å². The molecule has 0 bridgehead atoms. The number of nitrogens with one attached hydrogen (secondary N) is 1. The zero-order valence-electron chi connectivity index (χ0n) is 10.5. The van der Waals surface area contributed by atoms with Gasteiger partial charge in [-0.05, 0) is 30.7 Å². The number of benzene rings is 1.